The fourth-order valence-corrected chi connectivity index (χ4v) is 8.52. The Hall–Kier alpha value is -2.68. The summed E-state index contributed by atoms with van der Waals surface area (Å²) in [5.41, 5.74) is -0.731. The highest BCUT2D eigenvalue weighted by Crippen LogP contribution is 2.72. The van der Waals surface area contributed by atoms with Gasteiger partial charge in [0, 0.05) is 5.92 Å². The second-order valence-corrected chi connectivity index (χ2v) is 13.3. The topological polar surface area (TPSA) is 100 Å². The van der Waals surface area contributed by atoms with Crippen molar-refractivity contribution in [2.45, 2.75) is 71.6 Å². The second kappa shape index (κ2) is 7.74. The molecule has 8 atom stereocenters. The molecule has 5 aliphatic rings. The van der Waals surface area contributed by atoms with Gasteiger partial charge in [-0.2, -0.15) is 0 Å². The predicted molar refractivity (Wildman–Crippen MR) is 142 cm³/mol. The fraction of sp³-hybridized carbons (Fsp3) is 0.613. The summed E-state index contributed by atoms with van der Waals surface area (Å²) in [5.74, 6) is 0.146. The first kappa shape index (κ1) is 25.3. The average Bonchev–Trinajstić information content (AvgIpc) is 3.16. The number of hydrogen-bond donors (Lipinski definition) is 1. The summed E-state index contributed by atoms with van der Waals surface area (Å²) < 4.78 is 30.2. The molecule has 7 rings (SSSR count). The van der Waals surface area contributed by atoms with E-state index in [1.165, 1.54) is 0 Å². The zero-order valence-corrected chi connectivity index (χ0v) is 23.6. The average molecular weight is 536 g/mol. The quantitative estimate of drug-likeness (QED) is 0.557. The van der Waals surface area contributed by atoms with Gasteiger partial charge in [-0.25, -0.2) is 0 Å². The Bertz CT molecular complexity index is 1450. The van der Waals surface area contributed by atoms with Crippen LogP contribution in [-0.2, 0) is 14.3 Å². The highest BCUT2D eigenvalue weighted by atomic mass is 16.7. The molecule has 3 fully saturated rings. The number of carbonyl (C=O) groups excluding carboxylic acids is 1. The maximum Gasteiger partial charge on any atom is 0.262 e. The summed E-state index contributed by atoms with van der Waals surface area (Å²) in [5, 5.41) is 18.1. The standard InChI is InChI=1S/C31H37NO7/c1-15-13-30-16(2)10-21-23(28(21,3)4)20(24(30)33)11-17-14-36-29(5,6)38-26(17)31(30,34)25(15)37-27-19-12-18(35-7)8-9-22(19)39-32-27/h8-9,11-13,16,20-21,23,25-26,34H,10,14H2,1-7H3/t16-,20?,21?,23?,25?,26?,30?,31?/m1/s1. The largest absolute Gasteiger partial charge is 0.497 e. The van der Waals surface area contributed by atoms with Crippen LogP contribution in [0.4, 0.5) is 0 Å². The summed E-state index contributed by atoms with van der Waals surface area (Å²) in [7, 11) is 1.59. The molecule has 1 aromatic heterocycles. The van der Waals surface area contributed by atoms with Crippen molar-refractivity contribution in [1.82, 2.24) is 5.16 Å². The van der Waals surface area contributed by atoms with Crippen molar-refractivity contribution in [1.29, 1.82) is 0 Å². The zero-order chi connectivity index (χ0) is 27.7. The Morgan fingerprint density at radius 3 is 2.69 bits per heavy atom. The number of carbonyl (C=O) groups is 1. The highest BCUT2D eigenvalue weighted by Gasteiger charge is 2.77. The third kappa shape index (κ3) is 3.11. The Morgan fingerprint density at radius 2 is 1.95 bits per heavy atom. The molecule has 2 saturated carbocycles. The number of allylic oxidation sites excluding steroid dienone is 1. The van der Waals surface area contributed by atoms with Crippen molar-refractivity contribution in [2.24, 2.45) is 34.5 Å². The molecule has 1 N–H and O–H groups in total. The number of hydrogen-bond acceptors (Lipinski definition) is 8. The third-order valence-electron chi connectivity index (χ3n) is 10.5. The van der Waals surface area contributed by atoms with E-state index >= 15 is 0 Å². The van der Waals surface area contributed by atoms with Crippen LogP contribution in [0, 0.1) is 34.5 Å². The summed E-state index contributed by atoms with van der Waals surface area (Å²) in [6.07, 6.45) is 3.19. The molecule has 8 nitrogen and oxygen atoms in total. The molecule has 1 spiro atoms. The molecule has 2 heterocycles. The van der Waals surface area contributed by atoms with E-state index in [9.17, 15) is 9.90 Å². The van der Waals surface area contributed by atoms with Crippen LogP contribution in [0.25, 0.3) is 11.0 Å². The SMILES string of the molecule is COc1ccc2onc(OC3C(C)=CC45C(=O)C(C=C6COC(C)(C)OC6C34O)C3C(C[C@H]5C)C3(C)C)c2c1. The molecule has 208 valence electrons. The van der Waals surface area contributed by atoms with Crippen LogP contribution < -0.4 is 9.47 Å². The number of nitrogens with zero attached hydrogens (tertiary/aromatic N) is 1. The van der Waals surface area contributed by atoms with Gasteiger partial charge in [-0.1, -0.05) is 32.9 Å². The van der Waals surface area contributed by atoms with Crippen LogP contribution in [0.3, 0.4) is 0 Å². The molecule has 4 aliphatic carbocycles. The smallest absolute Gasteiger partial charge is 0.262 e. The first-order valence-corrected chi connectivity index (χ1v) is 13.9. The van der Waals surface area contributed by atoms with E-state index < -0.39 is 29.0 Å². The number of rotatable bonds is 3. The van der Waals surface area contributed by atoms with Gasteiger partial charge in [-0.05, 0) is 84.9 Å². The number of ketones is 1. The molecule has 0 amide bonds. The van der Waals surface area contributed by atoms with Gasteiger partial charge in [-0.15, -0.1) is 0 Å². The van der Waals surface area contributed by atoms with Gasteiger partial charge >= 0.3 is 0 Å². The van der Waals surface area contributed by atoms with Crippen molar-refractivity contribution in [3.8, 4) is 11.6 Å². The van der Waals surface area contributed by atoms with Gasteiger partial charge in [0.15, 0.2) is 28.9 Å². The Morgan fingerprint density at radius 1 is 1.18 bits per heavy atom. The highest BCUT2D eigenvalue weighted by molar-refractivity contribution is 5.95. The molecule has 1 aliphatic heterocycles. The van der Waals surface area contributed by atoms with Crippen molar-refractivity contribution in [2.75, 3.05) is 13.7 Å². The van der Waals surface area contributed by atoms with Gasteiger partial charge in [0.2, 0.25) is 0 Å². The lowest BCUT2D eigenvalue weighted by Gasteiger charge is -2.52. The van der Waals surface area contributed by atoms with Crippen molar-refractivity contribution < 1.29 is 33.4 Å². The van der Waals surface area contributed by atoms with Crippen LogP contribution >= 0.6 is 0 Å². The Labute approximate surface area is 228 Å². The van der Waals surface area contributed by atoms with E-state index in [4.69, 9.17) is 23.5 Å². The van der Waals surface area contributed by atoms with Crippen molar-refractivity contribution >= 4 is 16.8 Å². The van der Waals surface area contributed by atoms with E-state index in [0.717, 1.165) is 17.6 Å². The first-order valence-electron chi connectivity index (χ1n) is 13.9. The third-order valence-corrected chi connectivity index (χ3v) is 10.5. The number of Topliss-reactive ketones (excluding diaryl/α,β-unsaturated/α-hetero) is 1. The summed E-state index contributed by atoms with van der Waals surface area (Å²) in [4.78, 5) is 14.8. The van der Waals surface area contributed by atoms with Crippen LogP contribution in [0.2, 0.25) is 0 Å². The fourth-order valence-electron chi connectivity index (χ4n) is 8.52. The van der Waals surface area contributed by atoms with Gasteiger partial charge in [0.1, 0.15) is 11.9 Å². The number of aliphatic hydroxyl groups is 1. The number of fused-ring (bicyclic) bond motifs is 6. The minimum absolute atomic E-state index is 0.0519. The van der Waals surface area contributed by atoms with Gasteiger partial charge in [0.05, 0.1) is 24.5 Å². The van der Waals surface area contributed by atoms with Crippen LogP contribution in [-0.4, -0.2) is 53.4 Å². The molecule has 0 radical (unpaired) electrons. The molecule has 1 aromatic carbocycles. The number of benzene rings is 1. The molecular weight excluding hydrogens is 498 g/mol. The number of methoxy groups -OCH3 is 1. The molecule has 8 heteroatoms. The molecule has 39 heavy (non-hydrogen) atoms. The monoisotopic (exact) mass is 535 g/mol. The van der Waals surface area contributed by atoms with Crippen molar-refractivity contribution in [3.63, 3.8) is 0 Å². The molecular formula is C31H37NO7. The Kier molecular flexibility index (Phi) is 5.02. The second-order valence-electron chi connectivity index (χ2n) is 13.3. The first-order chi connectivity index (χ1) is 18.3. The van der Waals surface area contributed by atoms with E-state index in [2.05, 4.69) is 32.0 Å². The number of aromatic nitrogens is 1. The lowest BCUT2D eigenvalue weighted by Crippen LogP contribution is -2.68. The summed E-state index contributed by atoms with van der Waals surface area (Å²) >= 11 is 0. The summed E-state index contributed by atoms with van der Waals surface area (Å²) in [6, 6.07) is 5.36. The van der Waals surface area contributed by atoms with E-state index in [1.54, 1.807) is 25.3 Å². The Balaban J connectivity index is 1.41. The maximum absolute atomic E-state index is 14.8. The molecule has 7 unspecified atom stereocenters. The van der Waals surface area contributed by atoms with E-state index in [0.29, 0.717) is 22.6 Å². The van der Waals surface area contributed by atoms with E-state index in [-0.39, 0.29) is 41.4 Å². The predicted octanol–water partition coefficient (Wildman–Crippen LogP) is 4.85. The lowest BCUT2D eigenvalue weighted by atomic mass is 9.59. The lowest BCUT2D eigenvalue weighted by molar-refractivity contribution is -0.301. The minimum atomic E-state index is -1.72. The van der Waals surface area contributed by atoms with E-state index in [1.807, 2.05) is 26.8 Å². The molecule has 1 saturated heterocycles. The normalized spacial score (nSPS) is 41.4. The van der Waals surface area contributed by atoms with Crippen molar-refractivity contribution in [3.05, 3.63) is 41.5 Å². The van der Waals surface area contributed by atoms with Gasteiger partial charge < -0.3 is 28.6 Å². The molecule has 2 bridgehead atoms. The zero-order valence-electron chi connectivity index (χ0n) is 23.6. The van der Waals surface area contributed by atoms with Gasteiger partial charge in [0.25, 0.3) is 5.88 Å². The minimum Gasteiger partial charge on any atom is -0.497 e. The maximum atomic E-state index is 14.8. The van der Waals surface area contributed by atoms with Crippen LogP contribution in [0.1, 0.15) is 48.0 Å². The van der Waals surface area contributed by atoms with Gasteiger partial charge in [-0.3, -0.25) is 4.79 Å². The number of ether oxygens (including phenoxy) is 4. The van der Waals surface area contributed by atoms with Crippen LogP contribution in [0.15, 0.2) is 46.0 Å². The van der Waals surface area contributed by atoms with Crippen LogP contribution in [0.5, 0.6) is 11.6 Å². The summed E-state index contributed by atoms with van der Waals surface area (Å²) in [6.45, 7) is 12.5. The molecule has 2 aromatic rings.